The lowest BCUT2D eigenvalue weighted by atomic mass is 10.0. The summed E-state index contributed by atoms with van der Waals surface area (Å²) >= 11 is 0. The molecule has 1 aliphatic rings. The van der Waals surface area contributed by atoms with Crippen LogP contribution in [0.25, 0.3) is 0 Å². The van der Waals surface area contributed by atoms with E-state index in [1.54, 1.807) is 0 Å². The van der Waals surface area contributed by atoms with Crippen molar-refractivity contribution in [2.24, 2.45) is 5.73 Å². The lowest BCUT2D eigenvalue weighted by Gasteiger charge is -2.43. The van der Waals surface area contributed by atoms with Gasteiger partial charge in [-0.15, -0.1) is 0 Å². The van der Waals surface area contributed by atoms with E-state index >= 15 is 0 Å². The van der Waals surface area contributed by atoms with Crippen LogP contribution in [0.1, 0.15) is 75.3 Å². The molecule has 0 bridgehead atoms. The smallest absolute Gasteiger partial charge is 0.319 e. The minimum absolute atomic E-state index is 0.0326. The SMILES string of the molecule is CCc1ccc(CC(N)=O)cc1.CCc1ccc(CCNC(=O)N2CCC(Nc3ccc(CCNC[C@H](O)COc4ccc(O[Si](c5ccccc5)(c5ccccc5)C(C)(C)C)cc4)cc3)CC2)cc1. The monoisotopic (exact) mass is 962 g/mol. The van der Waals surface area contributed by atoms with Crippen LogP contribution in [-0.4, -0.2) is 81.7 Å². The van der Waals surface area contributed by atoms with Gasteiger partial charge in [0.25, 0.3) is 0 Å². The van der Waals surface area contributed by atoms with E-state index in [4.69, 9.17) is 14.9 Å². The number of carbonyl (C=O) groups is 2. The average molecular weight is 962 g/mol. The molecule has 0 aliphatic carbocycles. The molecule has 0 saturated carbocycles. The molecule has 6 aromatic rings. The molecule has 10 nitrogen and oxygen atoms in total. The molecule has 3 amide bonds. The molecule has 1 aliphatic heterocycles. The second kappa shape index (κ2) is 26.5. The van der Waals surface area contributed by atoms with E-state index < -0.39 is 14.4 Å². The Morgan fingerprint density at radius 1 is 0.671 bits per heavy atom. The van der Waals surface area contributed by atoms with Gasteiger partial charge in [-0.05, 0) is 125 Å². The summed E-state index contributed by atoms with van der Waals surface area (Å²) in [5.41, 5.74) is 12.2. The molecule has 6 N–H and O–H groups in total. The van der Waals surface area contributed by atoms with Crippen molar-refractivity contribution in [1.82, 2.24) is 15.5 Å². The maximum absolute atomic E-state index is 12.7. The van der Waals surface area contributed by atoms with E-state index in [0.717, 1.165) is 75.2 Å². The summed E-state index contributed by atoms with van der Waals surface area (Å²) in [7, 11) is -2.72. The number of primary amides is 1. The number of benzene rings is 6. The zero-order chi connectivity index (χ0) is 49.8. The van der Waals surface area contributed by atoms with Crippen LogP contribution in [0.4, 0.5) is 10.5 Å². The quantitative estimate of drug-likeness (QED) is 0.0359. The van der Waals surface area contributed by atoms with Crippen molar-refractivity contribution in [3.05, 3.63) is 186 Å². The molecule has 70 heavy (non-hydrogen) atoms. The van der Waals surface area contributed by atoms with Crippen LogP contribution in [0.5, 0.6) is 11.5 Å². The molecule has 0 aromatic heterocycles. The maximum atomic E-state index is 12.7. The van der Waals surface area contributed by atoms with Crippen molar-refractivity contribution in [3.63, 3.8) is 0 Å². The Morgan fingerprint density at radius 2 is 1.16 bits per heavy atom. The Balaban J connectivity index is 0.000000585. The minimum atomic E-state index is -2.72. The van der Waals surface area contributed by atoms with Crippen molar-refractivity contribution in [2.75, 3.05) is 44.6 Å². The average Bonchev–Trinajstić information content (AvgIpc) is 3.38. The first kappa shape index (κ1) is 53.0. The summed E-state index contributed by atoms with van der Waals surface area (Å²) in [6.07, 6.45) is 5.31. The predicted octanol–water partition coefficient (Wildman–Crippen LogP) is 8.87. The number of aliphatic hydroxyl groups is 1. The van der Waals surface area contributed by atoms with Crippen LogP contribution < -0.4 is 41.2 Å². The Labute approximate surface area is 418 Å². The molecular weight excluding hydrogens is 887 g/mol. The van der Waals surface area contributed by atoms with Crippen molar-refractivity contribution in [1.29, 1.82) is 0 Å². The van der Waals surface area contributed by atoms with Crippen LogP contribution >= 0.6 is 0 Å². The fraction of sp³-hybridized carbons (Fsp3) is 0.356. The van der Waals surface area contributed by atoms with Crippen LogP contribution in [0, 0.1) is 0 Å². The van der Waals surface area contributed by atoms with Gasteiger partial charge in [-0.1, -0.05) is 156 Å². The summed E-state index contributed by atoms with van der Waals surface area (Å²) in [4.78, 5) is 25.2. The number of carbonyl (C=O) groups excluding carboxylic acids is 2. The van der Waals surface area contributed by atoms with E-state index in [0.29, 0.717) is 31.3 Å². The number of hydrogen-bond acceptors (Lipinski definition) is 7. The van der Waals surface area contributed by atoms with Gasteiger partial charge in [-0.3, -0.25) is 4.79 Å². The van der Waals surface area contributed by atoms with Gasteiger partial charge in [0.1, 0.15) is 24.2 Å². The number of nitrogens with two attached hydrogens (primary N) is 1. The van der Waals surface area contributed by atoms with E-state index in [9.17, 15) is 14.7 Å². The molecule has 0 radical (unpaired) electrons. The number of nitrogens with one attached hydrogen (secondary N) is 3. The minimum Gasteiger partial charge on any atom is -0.534 e. The third kappa shape index (κ3) is 15.8. The maximum Gasteiger partial charge on any atom is 0.319 e. The zero-order valence-electron chi connectivity index (χ0n) is 42.0. The number of anilines is 1. The van der Waals surface area contributed by atoms with Gasteiger partial charge < -0.3 is 40.9 Å². The molecule has 6 aromatic carbocycles. The summed E-state index contributed by atoms with van der Waals surface area (Å²) < 4.78 is 13.1. The molecular formula is C59H75N5O5Si. The number of likely N-dealkylation sites (tertiary alicyclic amines) is 1. The fourth-order valence-corrected chi connectivity index (χ4v) is 13.3. The third-order valence-corrected chi connectivity index (χ3v) is 17.9. The van der Waals surface area contributed by atoms with Gasteiger partial charge in [0.05, 0.1) is 6.42 Å². The number of aliphatic hydroxyl groups excluding tert-OH is 1. The fourth-order valence-electron chi connectivity index (χ4n) is 8.87. The molecule has 0 spiro atoms. The topological polar surface area (TPSA) is 138 Å². The molecule has 1 heterocycles. The van der Waals surface area contributed by atoms with Crippen LogP contribution in [0.15, 0.2) is 158 Å². The molecule has 7 rings (SSSR count). The molecule has 1 fully saturated rings. The number of nitrogens with zero attached hydrogens (tertiary/aromatic N) is 1. The highest BCUT2D eigenvalue weighted by Gasteiger charge is 2.52. The number of ether oxygens (including phenoxy) is 1. The number of hydrogen-bond donors (Lipinski definition) is 5. The molecule has 0 unspecified atom stereocenters. The lowest BCUT2D eigenvalue weighted by molar-refractivity contribution is -0.117. The first-order chi connectivity index (χ1) is 33.8. The molecule has 11 heteroatoms. The Kier molecular flexibility index (Phi) is 20.1. The van der Waals surface area contributed by atoms with Crippen molar-refractivity contribution in [2.45, 2.75) is 96.7 Å². The number of amides is 3. The molecule has 1 atom stereocenters. The second-order valence-corrected chi connectivity index (χ2v) is 23.4. The summed E-state index contributed by atoms with van der Waals surface area (Å²) in [5, 5.41) is 23.1. The zero-order valence-corrected chi connectivity index (χ0v) is 43.0. The number of urea groups is 1. The van der Waals surface area contributed by atoms with Crippen LogP contribution in [0.3, 0.4) is 0 Å². The second-order valence-electron chi connectivity index (χ2n) is 19.2. The standard InChI is InChI=1S/C49H62N4O4Si.C10H13NO/c1-5-38-16-18-39(19-17-38)29-33-51-48(55)53-34-30-42(31-35-53)52-41-22-20-40(21-23-41)28-32-50-36-43(54)37-56-44-24-26-45(27-25-44)57-58(49(2,3)4,46-12-8-6-9-13-46)47-14-10-7-11-15-47;1-2-8-3-5-9(6-4-8)7-10(11)12/h6-27,42-43,50,52,54H,5,28-37H2,1-4H3,(H,51,55);3-6H,2,7H2,1H3,(H2,11,12)/t43-;/m0./s1. The van der Waals surface area contributed by atoms with Crippen molar-refractivity contribution >= 4 is 36.3 Å². The van der Waals surface area contributed by atoms with Crippen molar-refractivity contribution < 1.29 is 23.9 Å². The number of aryl methyl sites for hydroxylation is 2. The Hall–Kier alpha value is -6.40. The Morgan fingerprint density at radius 3 is 1.67 bits per heavy atom. The summed E-state index contributed by atoms with van der Waals surface area (Å²) in [5.74, 6) is 1.22. The normalized spacial score (nSPS) is 13.4. The van der Waals surface area contributed by atoms with E-state index in [-0.39, 0.29) is 23.6 Å². The highest BCUT2D eigenvalue weighted by molar-refractivity contribution is 7.00. The van der Waals surface area contributed by atoms with Crippen LogP contribution in [0.2, 0.25) is 5.04 Å². The highest BCUT2D eigenvalue weighted by Crippen LogP contribution is 2.38. The summed E-state index contributed by atoms with van der Waals surface area (Å²) in [6, 6.07) is 54.6. The first-order valence-corrected chi connectivity index (χ1v) is 27.0. The molecule has 370 valence electrons. The van der Waals surface area contributed by atoms with Gasteiger partial charge in [-0.2, -0.15) is 0 Å². The van der Waals surface area contributed by atoms with Gasteiger partial charge in [-0.25, -0.2) is 4.79 Å². The molecule has 1 saturated heterocycles. The van der Waals surface area contributed by atoms with Crippen molar-refractivity contribution in [3.8, 4) is 11.5 Å². The van der Waals surface area contributed by atoms with E-state index in [2.05, 4.69) is 160 Å². The Bertz CT molecular complexity index is 2420. The number of rotatable bonds is 21. The largest absolute Gasteiger partial charge is 0.534 e. The first-order valence-electron chi connectivity index (χ1n) is 25.1. The van der Waals surface area contributed by atoms with Gasteiger partial charge >= 0.3 is 14.3 Å². The van der Waals surface area contributed by atoms with Gasteiger partial charge in [0.15, 0.2) is 0 Å². The predicted molar refractivity (Wildman–Crippen MR) is 289 cm³/mol. The summed E-state index contributed by atoms with van der Waals surface area (Å²) in [6.45, 7) is 14.6. The third-order valence-electron chi connectivity index (χ3n) is 13.0. The van der Waals surface area contributed by atoms with E-state index in [1.807, 2.05) is 53.4 Å². The van der Waals surface area contributed by atoms with E-state index in [1.165, 1.54) is 32.6 Å². The number of piperidine rings is 1. The lowest BCUT2D eigenvalue weighted by Crippen LogP contribution is -2.68. The van der Waals surface area contributed by atoms with Gasteiger partial charge in [0, 0.05) is 37.9 Å². The van der Waals surface area contributed by atoms with Gasteiger partial charge in [0.2, 0.25) is 5.91 Å². The highest BCUT2D eigenvalue weighted by atomic mass is 28.4. The van der Waals surface area contributed by atoms with Crippen LogP contribution in [-0.2, 0) is 36.9 Å².